The molecule has 98 valence electrons. The normalized spacial score (nSPS) is 27.6. The molecule has 1 unspecified atom stereocenters. The van der Waals surface area contributed by atoms with Crippen molar-refractivity contribution < 1.29 is 4.79 Å². The van der Waals surface area contributed by atoms with E-state index in [0.717, 1.165) is 19.4 Å². The van der Waals surface area contributed by atoms with Crippen LogP contribution in [0.25, 0.3) is 0 Å². The Morgan fingerprint density at radius 1 is 1.33 bits per heavy atom. The second-order valence-corrected chi connectivity index (χ2v) is 6.26. The molecule has 2 aliphatic rings. The minimum absolute atomic E-state index is 0.0303. The van der Waals surface area contributed by atoms with E-state index in [9.17, 15) is 4.79 Å². The lowest BCUT2D eigenvalue weighted by Crippen LogP contribution is -2.47. The average molecular weight is 264 g/mol. The zero-order valence-electron chi connectivity index (χ0n) is 10.6. The number of amides is 1. The molecule has 1 aromatic rings. The van der Waals surface area contributed by atoms with Crippen LogP contribution < -0.4 is 10.6 Å². The molecule has 0 bridgehead atoms. The Morgan fingerprint density at radius 2 is 2.28 bits per heavy atom. The first kappa shape index (κ1) is 12.2. The summed E-state index contributed by atoms with van der Waals surface area (Å²) in [6.07, 6.45) is 6.80. The van der Waals surface area contributed by atoms with Crippen LogP contribution in [0.2, 0.25) is 0 Å². The minimum atomic E-state index is 0.0303. The Morgan fingerprint density at radius 3 is 3.11 bits per heavy atom. The molecule has 4 heteroatoms. The van der Waals surface area contributed by atoms with E-state index < -0.39 is 0 Å². The largest absolute Gasteiger partial charge is 0.348 e. The highest BCUT2D eigenvalue weighted by Crippen LogP contribution is 2.33. The van der Waals surface area contributed by atoms with Gasteiger partial charge in [0.25, 0.3) is 0 Å². The maximum Gasteiger partial charge on any atom is 0.237 e. The maximum atomic E-state index is 12.2. The lowest BCUT2D eigenvalue weighted by Gasteiger charge is -2.28. The van der Waals surface area contributed by atoms with Crippen molar-refractivity contribution in [2.45, 2.75) is 50.6 Å². The molecule has 0 spiro atoms. The number of rotatable bonds is 2. The van der Waals surface area contributed by atoms with Gasteiger partial charge in [0, 0.05) is 4.88 Å². The van der Waals surface area contributed by atoms with E-state index in [2.05, 4.69) is 22.1 Å². The zero-order valence-corrected chi connectivity index (χ0v) is 11.4. The van der Waals surface area contributed by atoms with Crippen molar-refractivity contribution in [1.29, 1.82) is 0 Å². The van der Waals surface area contributed by atoms with Crippen LogP contribution in [0.15, 0.2) is 11.4 Å². The van der Waals surface area contributed by atoms with Crippen LogP contribution in [0.3, 0.4) is 0 Å². The van der Waals surface area contributed by atoms with Crippen LogP contribution in [-0.2, 0) is 11.2 Å². The number of fused-ring (bicyclic) bond motifs is 1. The predicted molar refractivity (Wildman–Crippen MR) is 73.8 cm³/mol. The molecule has 3 rings (SSSR count). The molecule has 1 fully saturated rings. The van der Waals surface area contributed by atoms with E-state index in [1.165, 1.54) is 36.1 Å². The number of nitrogens with one attached hydrogen (secondary N) is 2. The summed E-state index contributed by atoms with van der Waals surface area (Å²) in [4.78, 5) is 13.7. The molecule has 0 saturated carbocycles. The third kappa shape index (κ3) is 2.45. The minimum Gasteiger partial charge on any atom is -0.348 e. The molecule has 2 atom stereocenters. The highest BCUT2D eigenvalue weighted by Gasteiger charge is 2.26. The number of hydrogen-bond acceptors (Lipinski definition) is 3. The SMILES string of the molecule is O=C(NC1CCCc2sccc21)[C@H]1CCCCN1. The summed E-state index contributed by atoms with van der Waals surface area (Å²) >= 11 is 1.82. The van der Waals surface area contributed by atoms with Crippen LogP contribution >= 0.6 is 11.3 Å². The molecular weight excluding hydrogens is 244 g/mol. The second-order valence-electron chi connectivity index (χ2n) is 5.26. The van der Waals surface area contributed by atoms with Gasteiger partial charge < -0.3 is 10.6 Å². The lowest BCUT2D eigenvalue weighted by molar-refractivity contribution is -0.124. The summed E-state index contributed by atoms with van der Waals surface area (Å²) in [6.45, 7) is 0.979. The molecule has 1 aromatic heterocycles. The molecule has 0 aromatic carbocycles. The van der Waals surface area contributed by atoms with Gasteiger partial charge in [0.15, 0.2) is 0 Å². The fourth-order valence-electron chi connectivity index (χ4n) is 2.98. The van der Waals surface area contributed by atoms with Crippen LogP contribution in [0.5, 0.6) is 0 Å². The van der Waals surface area contributed by atoms with Crippen LogP contribution in [-0.4, -0.2) is 18.5 Å². The first-order valence-electron chi connectivity index (χ1n) is 6.94. The topological polar surface area (TPSA) is 41.1 Å². The van der Waals surface area contributed by atoms with Gasteiger partial charge in [-0.05, 0) is 55.7 Å². The highest BCUT2D eigenvalue weighted by molar-refractivity contribution is 7.10. The molecule has 18 heavy (non-hydrogen) atoms. The summed E-state index contributed by atoms with van der Waals surface area (Å²) < 4.78 is 0. The Bertz CT molecular complexity index is 423. The lowest BCUT2D eigenvalue weighted by atomic mass is 9.93. The number of thiophene rings is 1. The summed E-state index contributed by atoms with van der Waals surface area (Å²) in [5.74, 6) is 0.193. The quantitative estimate of drug-likeness (QED) is 0.861. The van der Waals surface area contributed by atoms with E-state index >= 15 is 0 Å². The summed E-state index contributed by atoms with van der Waals surface area (Å²) in [6, 6.07) is 2.46. The van der Waals surface area contributed by atoms with Gasteiger partial charge in [0.2, 0.25) is 5.91 Å². The molecule has 1 aliphatic heterocycles. The summed E-state index contributed by atoms with van der Waals surface area (Å²) in [7, 11) is 0. The third-order valence-corrected chi connectivity index (χ3v) is 4.99. The maximum absolute atomic E-state index is 12.2. The van der Waals surface area contributed by atoms with E-state index in [-0.39, 0.29) is 18.0 Å². The van der Waals surface area contributed by atoms with Crippen molar-refractivity contribution in [1.82, 2.24) is 10.6 Å². The predicted octanol–water partition coefficient (Wildman–Crippen LogP) is 2.38. The van der Waals surface area contributed by atoms with E-state index in [4.69, 9.17) is 0 Å². The third-order valence-electron chi connectivity index (χ3n) is 4.00. The van der Waals surface area contributed by atoms with Gasteiger partial charge in [-0.25, -0.2) is 0 Å². The molecule has 1 amide bonds. The fraction of sp³-hybridized carbons (Fsp3) is 0.643. The number of piperidine rings is 1. The molecule has 3 nitrogen and oxygen atoms in total. The first-order valence-corrected chi connectivity index (χ1v) is 7.82. The standard InChI is InChI=1S/C14H20N2OS/c17-14(12-4-1-2-8-15-12)16-11-5-3-6-13-10(11)7-9-18-13/h7,9,11-12,15H,1-6,8H2,(H,16,17)/t11?,12-/m1/s1. The van der Waals surface area contributed by atoms with E-state index in [1.807, 2.05) is 11.3 Å². The van der Waals surface area contributed by atoms with Crippen molar-refractivity contribution in [3.05, 3.63) is 21.9 Å². The Hall–Kier alpha value is -0.870. The van der Waals surface area contributed by atoms with Crippen molar-refractivity contribution >= 4 is 17.2 Å². The van der Waals surface area contributed by atoms with Gasteiger partial charge >= 0.3 is 0 Å². The van der Waals surface area contributed by atoms with E-state index in [1.54, 1.807) is 0 Å². The number of carbonyl (C=O) groups excluding carboxylic acids is 1. The zero-order chi connectivity index (χ0) is 12.4. The van der Waals surface area contributed by atoms with Gasteiger partial charge in [0.05, 0.1) is 12.1 Å². The number of hydrogen-bond donors (Lipinski definition) is 2. The van der Waals surface area contributed by atoms with Crippen molar-refractivity contribution in [3.8, 4) is 0 Å². The Kier molecular flexibility index (Phi) is 3.66. The molecule has 2 heterocycles. The first-order chi connectivity index (χ1) is 8.84. The van der Waals surface area contributed by atoms with Crippen molar-refractivity contribution in [3.63, 3.8) is 0 Å². The molecule has 1 aliphatic carbocycles. The van der Waals surface area contributed by atoms with Gasteiger partial charge in [-0.3, -0.25) is 4.79 Å². The molecule has 1 saturated heterocycles. The highest BCUT2D eigenvalue weighted by atomic mass is 32.1. The van der Waals surface area contributed by atoms with Crippen molar-refractivity contribution in [2.24, 2.45) is 0 Å². The van der Waals surface area contributed by atoms with Crippen LogP contribution in [0.4, 0.5) is 0 Å². The van der Waals surface area contributed by atoms with Gasteiger partial charge in [-0.15, -0.1) is 11.3 Å². The Balaban J connectivity index is 1.65. The molecular formula is C14H20N2OS. The second kappa shape index (κ2) is 5.41. The molecule has 2 N–H and O–H groups in total. The summed E-state index contributed by atoms with van der Waals surface area (Å²) in [5, 5.41) is 8.70. The van der Waals surface area contributed by atoms with Gasteiger partial charge in [0.1, 0.15) is 0 Å². The smallest absolute Gasteiger partial charge is 0.237 e. The Labute approximate surface area is 112 Å². The fourth-order valence-corrected chi connectivity index (χ4v) is 3.97. The summed E-state index contributed by atoms with van der Waals surface area (Å²) in [5.41, 5.74) is 1.36. The monoisotopic (exact) mass is 264 g/mol. The van der Waals surface area contributed by atoms with Crippen LogP contribution in [0, 0.1) is 0 Å². The van der Waals surface area contributed by atoms with Crippen molar-refractivity contribution in [2.75, 3.05) is 6.54 Å². The van der Waals surface area contributed by atoms with Gasteiger partial charge in [-0.1, -0.05) is 6.42 Å². The van der Waals surface area contributed by atoms with Gasteiger partial charge in [-0.2, -0.15) is 0 Å². The average Bonchev–Trinajstić information content (AvgIpc) is 2.89. The number of carbonyl (C=O) groups is 1. The van der Waals surface area contributed by atoms with E-state index in [0.29, 0.717) is 0 Å². The number of aryl methyl sites for hydroxylation is 1. The molecule has 0 radical (unpaired) electrons. The van der Waals surface area contributed by atoms with Crippen LogP contribution in [0.1, 0.15) is 48.6 Å².